The Morgan fingerprint density at radius 1 is 1.04 bits per heavy atom. The Bertz CT molecular complexity index is 924. The number of nitriles is 1. The maximum atomic E-state index is 8.93. The molecule has 0 spiro atoms. The average molecular weight is 371 g/mol. The van der Waals surface area contributed by atoms with Crippen LogP contribution in [0, 0.1) is 11.3 Å². The lowest BCUT2D eigenvalue weighted by molar-refractivity contribution is 0.319. The molecule has 0 saturated carbocycles. The highest BCUT2D eigenvalue weighted by molar-refractivity contribution is 5.31. The van der Waals surface area contributed by atoms with Crippen molar-refractivity contribution in [1.82, 2.24) is 19.8 Å². The Morgan fingerprint density at radius 3 is 2.61 bits per heavy atom. The minimum Gasteiger partial charge on any atom is -0.329 e. The van der Waals surface area contributed by atoms with Crippen LogP contribution in [0.5, 0.6) is 0 Å². The molecule has 1 N–H and O–H groups in total. The van der Waals surface area contributed by atoms with E-state index >= 15 is 0 Å². The summed E-state index contributed by atoms with van der Waals surface area (Å²) in [5.74, 6) is 0. The van der Waals surface area contributed by atoms with E-state index in [-0.39, 0.29) is 0 Å². The van der Waals surface area contributed by atoms with Gasteiger partial charge in [0.2, 0.25) is 0 Å². The van der Waals surface area contributed by atoms with Gasteiger partial charge < -0.3 is 9.88 Å². The molecule has 1 fully saturated rings. The summed E-state index contributed by atoms with van der Waals surface area (Å²) in [7, 11) is 0. The Kier molecular flexibility index (Phi) is 5.81. The highest BCUT2D eigenvalue weighted by atomic mass is 15.2. The van der Waals surface area contributed by atoms with Crippen LogP contribution >= 0.6 is 0 Å². The minimum absolute atomic E-state index is 0.516. The molecule has 1 unspecified atom stereocenters. The van der Waals surface area contributed by atoms with E-state index < -0.39 is 0 Å². The molecule has 1 atom stereocenters. The van der Waals surface area contributed by atoms with Crippen LogP contribution in [-0.2, 0) is 19.6 Å². The van der Waals surface area contributed by atoms with Gasteiger partial charge in [0.15, 0.2) is 0 Å². The Hall–Kier alpha value is -2.94. The summed E-state index contributed by atoms with van der Waals surface area (Å²) in [5, 5.41) is 12.6. The van der Waals surface area contributed by atoms with Gasteiger partial charge in [0, 0.05) is 45.0 Å². The van der Waals surface area contributed by atoms with E-state index in [0.29, 0.717) is 11.6 Å². The first kappa shape index (κ1) is 18.4. The highest BCUT2D eigenvalue weighted by Gasteiger charge is 2.22. The predicted octanol–water partition coefficient (Wildman–Crippen LogP) is 3.17. The van der Waals surface area contributed by atoms with Gasteiger partial charge in [-0.25, -0.2) is 4.98 Å². The van der Waals surface area contributed by atoms with E-state index in [2.05, 4.69) is 56.2 Å². The molecule has 142 valence electrons. The molecular formula is C23H25N5. The zero-order chi connectivity index (χ0) is 19.2. The van der Waals surface area contributed by atoms with E-state index in [9.17, 15) is 0 Å². The molecule has 4 rings (SSSR count). The van der Waals surface area contributed by atoms with E-state index in [0.717, 1.165) is 32.7 Å². The molecule has 28 heavy (non-hydrogen) atoms. The number of aromatic nitrogens is 2. The van der Waals surface area contributed by atoms with Crippen LogP contribution in [-0.4, -0.2) is 33.6 Å². The third kappa shape index (κ3) is 4.66. The molecule has 0 amide bonds. The van der Waals surface area contributed by atoms with Gasteiger partial charge in [0.25, 0.3) is 0 Å². The quantitative estimate of drug-likeness (QED) is 0.693. The van der Waals surface area contributed by atoms with Crippen LogP contribution in [0.4, 0.5) is 0 Å². The summed E-state index contributed by atoms with van der Waals surface area (Å²) in [5.41, 5.74) is 4.43. The molecule has 2 heterocycles. The van der Waals surface area contributed by atoms with Gasteiger partial charge in [0.05, 0.1) is 23.7 Å². The molecule has 2 aromatic carbocycles. The highest BCUT2D eigenvalue weighted by Crippen LogP contribution is 2.14. The molecule has 0 aliphatic carbocycles. The second-order valence-corrected chi connectivity index (χ2v) is 7.41. The van der Waals surface area contributed by atoms with Crippen LogP contribution in [0.15, 0.2) is 67.1 Å². The standard InChI is InChI=1S/C23H25N5/c24-12-19-6-8-21(9-7-19)16-28-18-25-13-23(28)14-26-22-10-11-27(17-22)15-20-4-2-1-3-5-20/h1-9,13,18,22,26H,10-11,14-17H2. The van der Waals surface area contributed by atoms with Gasteiger partial charge in [-0.15, -0.1) is 0 Å². The Morgan fingerprint density at radius 2 is 1.82 bits per heavy atom. The van der Waals surface area contributed by atoms with Gasteiger partial charge in [-0.1, -0.05) is 42.5 Å². The molecule has 1 saturated heterocycles. The van der Waals surface area contributed by atoms with Crippen LogP contribution in [0.3, 0.4) is 0 Å². The normalized spacial score (nSPS) is 16.9. The first-order valence-corrected chi connectivity index (χ1v) is 9.78. The molecule has 1 aliphatic heterocycles. The van der Waals surface area contributed by atoms with Crippen molar-refractivity contribution in [2.45, 2.75) is 32.1 Å². The fourth-order valence-corrected chi connectivity index (χ4v) is 3.75. The topological polar surface area (TPSA) is 56.9 Å². The number of nitrogens with zero attached hydrogens (tertiary/aromatic N) is 4. The maximum absolute atomic E-state index is 8.93. The van der Waals surface area contributed by atoms with Crippen LogP contribution in [0.1, 0.15) is 28.8 Å². The van der Waals surface area contributed by atoms with Gasteiger partial charge in [-0.2, -0.15) is 5.26 Å². The van der Waals surface area contributed by atoms with E-state index in [1.54, 1.807) is 0 Å². The van der Waals surface area contributed by atoms with Crippen molar-refractivity contribution in [3.05, 3.63) is 89.5 Å². The zero-order valence-corrected chi connectivity index (χ0v) is 16.0. The second-order valence-electron chi connectivity index (χ2n) is 7.41. The number of benzene rings is 2. The van der Waals surface area contributed by atoms with Gasteiger partial charge in [0.1, 0.15) is 0 Å². The third-order valence-corrected chi connectivity index (χ3v) is 5.33. The van der Waals surface area contributed by atoms with Crippen molar-refractivity contribution >= 4 is 0 Å². The number of imidazole rings is 1. The summed E-state index contributed by atoms with van der Waals surface area (Å²) in [4.78, 5) is 6.84. The second kappa shape index (κ2) is 8.83. The van der Waals surface area contributed by atoms with Gasteiger partial charge in [-0.3, -0.25) is 4.90 Å². The van der Waals surface area contributed by atoms with Crippen molar-refractivity contribution in [2.24, 2.45) is 0 Å². The molecule has 0 bridgehead atoms. The van der Waals surface area contributed by atoms with Crippen molar-refractivity contribution in [1.29, 1.82) is 5.26 Å². The molecular weight excluding hydrogens is 346 g/mol. The Labute approximate surface area is 166 Å². The summed E-state index contributed by atoms with van der Waals surface area (Å²) in [6, 6.07) is 21.1. The van der Waals surface area contributed by atoms with Crippen LogP contribution in [0.25, 0.3) is 0 Å². The third-order valence-electron chi connectivity index (χ3n) is 5.33. The predicted molar refractivity (Wildman–Crippen MR) is 109 cm³/mol. The van der Waals surface area contributed by atoms with E-state index in [1.165, 1.54) is 23.2 Å². The molecule has 5 nitrogen and oxygen atoms in total. The van der Waals surface area contributed by atoms with Crippen LogP contribution < -0.4 is 5.32 Å². The number of hydrogen-bond donors (Lipinski definition) is 1. The SMILES string of the molecule is N#Cc1ccc(Cn2cncc2CNC2CCN(Cc3ccccc3)C2)cc1. The first-order chi connectivity index (χ1) is 13.8. The number of nitrogens with one attached hydrogen (secondary N) is 1. The average Bonchev–Trinajstić information content (AvgIpc) is 3.37. The zero-order valence-electron chi connectivity index (χ0n) is 16.0. The summed E-state index contributed by atoms with van der Waals surface area (Å²) in [6.45, 7) is 4.83. The van der Waals surface area contributed by atoms with E-state index in [1.807, 2.05) is 36.8 Å². The molecule has 1 aliphatic rings. The largest absolute Gasteiger partial charge is 0.329 e. The van der Waals surface area contributed by atoms with Gasteiger partial charge >= 0.3 is 0 Å². The van der Waals surface area contributed by atoms with Gasteiger partial charge in [-0.05, 0) is 29.7 Å². The number of hydrogen-bond acceptors (Lipinski definition) is 4. The smallest absolute Gasteiger partial charge is 0.0991 e. The molecule has 3 aromatic rings. The summed E-state index contributed by atoms with van der Waals surface area (Å²) in [6.07, 6.45) is 5.00. The minimum atomic E-state index is 0.516. The fraction of sp³-hybridized carbons (Fsp3) is 0.304. The number of likely N-dealkylation sites (tertiary alicyclic amines) is 1. The monoisotopic (exact) mass is 371 g/mol. The van der Waals surface area contributed by atoms with Crippen molar-refractivity contribution in [2.75, 3.05) is 13.1 Å². The summed E-state index contributed by atoms with van der Waals surface area (Å²) >= 11 is 0. The maximum Gasteiger partial charge on any atom is 0.0991 e. The fourth-order valence-electron chi connectivity index (χ4n) is 3.75. The lowest BCUT2D eigenvalue weighted by Crippen LogP contribution is -2.32. The lowest BCUT2D eigenvalue weighted by Gasteiger charge is -2.17. The number of rotatable bonds is 7. The molecule has 0 radical (unpaired) electrons. The summed E-state index contributed by atoms with van der Waals surface area (Å²) < 4.78 is 2.17. The lowest BCUT2D eigenvalue weighted by atomic mass is 10.1. The molecule has 1 aromatic heterocycles. The van der Waals surface area contributed by atoms with Crippen molar-refractivity contribution in [3.8, 4) is 6.07 Å². The van der Waals surface area contributed by atoms with Crippen molar-refractivity contribution < 1.29 is 0 Å². The first-order valence-electron chi connectivity index (χ1n) is 9.78. The Balaban J connectivity index is 1.29. The van der Waals surface area contributed by atoms with Crippen LogP contribution in [0.2, 0.25) is 0 Å². The molecule has 5 heteroatoms. The van der Waals surface area contributed by atoms with E-state index in [4.69, 9.17) is 5.26 Å². The van der Waals surface area contributed by atoms with Crippen molar-refractivity contribution in [3.63, 3.8) is 0 Å².